The van der Waals surface area contributed by atoms with Crippen LogP contribution in [0, 0.1) is 5.41 Å². The van der Waals surface area contributed by atoms with Gasteiger partial charge in [0.15, 0.2) is 0 Å². The van der Waals surface area contributed by atoms with E-state index in [2.05, 4.69) is 4.90 Å². The monoisotopic (exact) mass is 605 g/mol. The van der Waals surface area contributed by atoms with Gasteiger partial charge in [0, 0.05) is 55.9 Å². The van der Waals surface area contributed by atoms with Gasteiger partial charge < -0.3 is 15.6 Å². The second kappa shape index (κ2) is 12.5. The number of piperazine rings is 1. The average Bonchev–Trinajstić information content (AvgIpc) is 3.18. The van der Waals surface area contributed by atoms with Crippen molar-refractivity contribution < 1.29 is 27.9 Å². The van der Waals surface area contributed by atoms with Gasteiger partial charge >= 0.3 is 6.09 Å². The summed E-state index contributed by atoms with van der Waals surface area (Å²) in [5, 5.41) is 15.1. The quantitative estimate of drug-likeness (QED) is 0.334. The molecular weight excluding hydrogens is 581 g/mol. The highest BCUT2D eigenvalue weighted by Gasteiger charge is 2.36. The zero-order valence-corrected chi connectivity index (χ0v) is 23.3. The number of carboxylic acids is 1. The number of nitrogens with one attached hydrogen (secondary N) is 1. The molecule has 1 unspecified atom stereocenters. The van der Waals surface area contributed by atoms with Crippen LogP contribution in [0.5, 0.6) is 0 Å². The molecule has 1 atom stereocenters. The van der Waals surface area contributed by atoms with Crippen molar-refractivity contribution in [2.24, 2.45) is 5.73 Å². The van der Waals surface area contributed by atoms with Crippen LogP contribution in [0.25, 0.3) is 0 Å². The molecule has 2 saturated heterocycles. The maximum Gasteiger partial charge on any atom is 0.414 e. The lowest BCUT2D eigenvalue weighted by Gasteiger charge is -2.35. The molecule has 4 N–H and O–H groups in total. The topological polar surface area (TPSA) is 157 Å². The number of anilines is 1. The van der Waals surface area contributed by atoms with E-state index in [4.69, 9.17) is 60.6 Å². The number of cyclic esters (lactones) is 1. The van der Waals surface area contributed by atoms with Gasteiger partial charge in [-0.1, -0.05) is 34.8 Å². The van der Waals surface area contributed by atoms with Crippen LogP contribution in [0.1, 0.15) is 12.5 Å². The van der Waals surface area contributed by atoms with Gasteiger partial charge in [-0.05, 0) is 36.4 Å². The van der Waals surface area contributed by atoms with Crippen molar-refractivity contribution in [2.45, 2.75) is 17.9 Å². The standard InChI is InChI=1S/C21H22Cl3N5O4S.C2H4O2/c22-14-9-17(23)19(18(24)10-14)34(31,32)28-7-5-27(6-8-28)11-16-12-29(21(30)33-16)15-3-1-13(2-4-15)20(25)26;1-2(3)4/h1-4,9-10,16H,5-8,11-12H2,(H3,25,26);1H3,(H,3,4). The average molecular weight is 607 g/mol. The van der Waals surface area contributed by atoms with Gasteiger partial charge in [0.2, 0.25) is 10.0 Å². The number of amides is 1. The number of carboxylic acid groups (broad SMARTS) is 1. The summed E-state index contributed by atoms with van der Waals surface area (Å²) >= 11 is 18.2. The SMILES string of the molecule is CC(=O)O.N=C(N)c1ccc(N2CC(CN3CCN(S(=O)(=O)c4c(Cl)cc(Cl)cc4Cl)CC3)OC2=O)cc1. The van der Waals surface area contributed by atoms with Crippen molar-refractivity contribution in [3.8, 4) is 0 Å². The molecule has 2 aliphatic heterocycles. The molecule has 0 bridgehead atoms. The maximum atomic E-state index is 13.1. The van der Waals surface area contributed by atoms with Crippen molar-refractivity contribution in [2.75, 3.05) is 44.2 Å². The molecule has 0 aliphatic carbocycles. The van der Waals surface area contributed by atoms with E-state index in [9.17, 15) is 13.2 Å². The molecule has 0 aromatic heterocycles. The highest BCUT2D eigenvalue weighted by Crippen LogP contribution is 2.35. The molecule has 0 saturated carbocycles. The van der Waals surface area contributed by atoms with E-state index in [0.29, 0.717) is 37.4 Å². The summed E-state index contributed by atoms with van der Waals surface area (Å²) in [5.41, 5.74) is 6.70. The number of rotatable bonds is 6. The smallest absolute Gasteiger partial charge is 0.414 e. The number of sulfonamides is 1. The molecule has 0 spiro atoms. The summed E-state index contributed by atoms with van der Waals surface area (Å²) in [5.74, 6) is -0.879. The molecule has 2 heterocycles. The Morgan fingerprint density at radius 1 is 1.11 bits per heavy atom. The van der Waals surface area contributed by atoms with Crippen molar-refractivity contribution >= 4 is 68.4 Å². The lowest BCUT2D eigenvalue weighted by molar-refractivity contribution is -0.134. The molecule has 11 nitrogen and oxygen atoms in total. The number of carbonyl (C=O) groups excluding carboxylic acids is 1. The van der Waals surface area contributed by atoms with Crippen LogP contribution >= 0.6 is 34.8 Å². The zero-order chi connectivity index (χ0) is 28.2. The Morgan fingerprint density at radius 3 is 2.13 bits per heavy atom. The highest BCUT2D eigenvalue weighted by atomic mass is 35.5. The summed E-state index contributed by atoms with van der Waals surface area (Å²) in [4.78, 5) is 24.8. The normalized spacial score (nSPS) is 18.5. The predicted octanol–water partition coefficient (Wildman–Crippen LogP) is 3.35. The minimum atomic E-state index is -3.89. The van der Waals surface area contributed by atoms with Crippen LogP contribution in [0.3, 0.4) is 0 Å². The highest BCUT2D eigenvalue weighted by molar-refractivity contribution is 7.89. The Labute approximate surface area is 235 Å². The van der Waals surface area contributed by atoms with Gasteiger partial charge in [0.25, 0.3) is 5.97 Å². The molecule has 0 radical (unpaired) electrons. The minimum absolute atomic E-state index is 0.0192. The van der Waals surface area contributed by atoms with Gasteiger partial charge in [-0.2, -0.15) is 4.31 Å². The molecule has 206 valence electrons. The number of nitrogen functional groups attached to an aromatic ring is 1. The van der Waals surface area contributed by atoms with Crippen LogP contribution in [-0.4, -0.2) is 86.0 Å². The number of amidine groups is 1. The molecule has 2 aromatic carbocycles. The van der Waals surface area contributed by atoms with Gasteiger partial charge in [-0.15, -0.1) is 0 Å². The molecule has 2 fully saturated rings. The van der Waals surface area contributed by atoms with Crippen molar-refractivity contribution in [1.82, 2.24) is 9.21 Å². The Hall–Kier alpha value is -2.61. The lowest BCUT2D eigenvalue weighted by atomic mass is 10.2. The van der Waals surface area contributed by atoms with Gasteiger partial charge in [0.1, 0.15) is 16.8 Å². The molecule has 38 heavy (non-hydrogen) atoms. The zero-order valence-electron chi connectivity index (χ0n) is 20.2. The number of halogens is 3. The number of nitrogens with two attached hydrogens (primary N) is 1. The fourth-order valence-electron chi connectivity index (χ4n) is 3.99. The Balaban J connectivity index is 0.000000934. The number of ether oxygens (including phenoxy) is 1. The van der Waals surface area contributed by atoms with Crippen LogP contribution < -0.4 is 10.6 Å². The molecule has 2 aromatic rings. The van der Waals surface area contributed by atoms with Crippen molar-refractivity contribution in [3.05, 3.63) is 57.0 Å². The fraction of sp³-hybridized carbons (Fsp3) is 0.348. The fourth-order valence-corrected chi connectivity index (χ4v) is 6.91. The molecular formula is C23H26Cl3N5O6S. The summed E-state index contributed by atoms with van der Waals surface area (Å²) < 4.78 is 33.1. The van der Waals surface area contributed by atoms with Crippen LogP contribution in [0.15, 0.2) is 41.3 Å². The summed E-state index contributed by atoms with van der Waals surface area (Å²) in [6.45, 7) is 3.34. The third kappa shape index (κ3) is 7.28. The van der Waals surface area contributed by atoms with Crippen molar-refractivity contribution in [1.29, 1.82) is 5.41 Å². The molecule has 15 heteroatoms. The Morgan fingerprint density at radius 2 is 1.63 bits per heavy atom. The summed E-state index contributed by atoms with van der Waals surface area (Å²) in [7, 11) is -3.89. The maximum absolute atomic E-state index is 13.1. The number of nitrogens with zero attached hydrogens (tertiary/aromatic N) is 3. The number of aliphatic carboxylic acids is 1. The number of benzene rings is 2. The predicted molar refractivity (Wildman–Crippen MR) is 145 cm³/mol. The van der Waals surface area contributed by atoms with Crippen molar-refractivity contribution in [3.63, 3.8) is 0 Å². The first-order valence-electron chi connectivity index (χ1n) is 11.3. The van der Waals surface area contributed by atoms with Gasteiger partial charge in [0.05, 0.1) is 16.6 Å². The largest absolute Gasteiger partial charge is 0.481 e. The number of hydrogen-bond acceptors (Lipinski definition) is 7. The van der Waals surface area contributed by atoms with Crippen LogP contribution in [0.2, 0.25) is 15.1 Å². The number of hydrogen-bond donors (Lipinski definition) is 3. The van der Waals surface area contributed by atoms with Crippen LogP contribution in [-0.2, 0) is 19.6 Å². The molecule has 1 amide bonds. The van der Waals surface area contributed by atoms with E-state index >= 15 is 0 Å². The molecule has 2 aliphatic rings. The van der Waals surface area contributed by atoms with E-state index in [0.717, 1.165) is 6.92 Å². The summed E-state index contributed by atoms with van der Waals surface area (Å²) in [6.07, 6.45) is -0.808. The first kappa shape index (κ1) is 29.9. The second-order valence-corrected chi connectivity index (χ2v) is 11.6. The van der Waals surface area contributed by atoms with E-state index in [1.807, 2.05) is 0 Å². The third-order valence-electron chi connectivity index (χ3n) is 5.72. The molecule has 4 rings (SSSR count). The van der Waals surface area contributed by atoms with E-state index in [-0.39, 0.29) is 45.0 Å². The van der Waals surface area contributed by atoms with Gasteiger partial charge in [-0.3, -0.25) is 20.0 Å². The van der Waals surface area contributed by atoms with Crippen LogP contribution in [0.4, 0.5) is 10.5 Å². The third-order valence-corrected chi connectivity index (χ3v) is 8.76. The lowest BCUT2D eigenvalue weighted by Crippen LogP contribution is -2.50. The Bertz CT molecular complexity index is 1290. The first-order valence-corrected chi connectivity index (χ1v) is 13.9. The second-order valence-electron chi connectivity index (χ2n) is 8.50. The first-order chi connectivity index (χ1) is 17.8. The van der Waals surface area contributed by atoms with E-state index < -0.39 is 22.1 Å². The summed E-state index contributed by atoms with van der Waals surface area (Å²) in [6, 6.07) is 9.50. The van der Waals surface area contributed by atoms with E-state index in [1.165, 1.54) is 21.3 Å². The van der Waals surface area contributed by atoms with E-state index in [1.54, 1.807) is 24.3 Å². The van der Waals surface area contributed by atoms with Gasteiger partial charge in [-0.25, -0.2) is 13.2 Å². The Kier molecular flexibility index (Phi) is 9.85. The number of carbonyl (C=O) groups is 2. The minimum Gasteiger partial charge on any atom is -0.481 e.